The molecule has 0 bridgehead atoms. The molecule has 0 aliphatic heterocycles. The lowest BCUT2D eigenvalue weighted by Crippen LogP contribution is -2.18. The first-order chi connectivity index (χ1) is 11.7. The van der Waals surface area contributed by atoms with Gasteiger partial charge in [-0.2, -0.15) is 5.10 Å². The van der Waals surface area contributed by atoms with Crippen molar-refractivity contribution in [1.82, 2.24) is 10.4 Å². The topological polar surface area (TPSA) is 63.6 Å². The number of halogens is 1. The number of amides is 1. The van der Waals surface area contributed by atoms with E-state index >= 15 is 0 Å². The summed E-state index contributed by atoms with van der Waals surface area (Å²) in [5.41, 5.74) is 4.58. The molecule has 24 heavy (non-hydrogen) atoms. The molecule has 0 saturated carbocycles. The largest absolute Gasteiger partial charge is 0.492 e. The zero-order chi connectivity index (χ0) is 17.2. The summed E-state index contributed by atoms with van der Waals surface area (Å²) >= 11 is 3.50. The number of hydrogen-bond donors (Lipinski definition) is 1. The van der Waals surface area contributed by atoms with Gasteiger partial charge >= 0.3 is 0 Å². The van der Waals surface area contributed by atoms with Crippen molar-refractivity contribution >= 4 is 28.1 Å². The summed E-state index contributed by atoms with van der Waals surface area (Å²) in [7, 11) is 0. The highest BCUT2D eigenvalue weighted by Crippen LogP contribution is 2.26. The zero-order valence-corrected chi connectivity index (χ0v) is 15.1. The Morgan fingerprint density at radius 1 is 1.42 bits per heavy atom. The molecule has 0 aliphatic carbocycles. The summed E-state index contributed by atoms with van der Waals surface area (Å²) in [4.78, 5) is 15.7. The van der Waals surface area contributed by atoms with E-state index < -0.39 is 0 Å². The van der Waals surface area contributed by atoms with Gasteiger partial charge in [0, 0.05) is 24.4 Å². The lowest BCUT2D eigenvalue weighted by molar-refractivity contribution is -0.121. The molecule has 0 radical (unpaired) electrons. The van der Waals surface area contributed by atoms with Gasteiger partial charge in [0.1, 0.15) is 5.75 Å². The third-order valence-corrected chi connectivity index (χ3v) is 3.92. The third kappa shape index (κ3) is 6.12. The second-order valence-corrected chi connectivity index (χ2v) is 6.00. The van der Waals surface area contributed by atoms with Crippen molar-refractivity contribution in [2.45, 2.75) is 26.2 Å². The number of benzene rings is 1. The number of hydrogen-bond acceptors (Lipinski definition) is 4. The van der Waals surface area contributed by atoms with E-state index in [2.05, 4.69) is 44.4 Å². The van der Waals surface area contributed by atoms with E-state index in [1.165, 1.54) is 5.56 Å². The Labute approximate surface area is 150 Å². The standard InChI is InChI=1S/C18H20BrN3O2/c1-2-14-7-8-17(16(19)11-14)24-10-4-6-18(23)22-21-13-15-5-3-9-20-12-15/h3,5,7-9,11-13H,2,4,6,10H2,1H3,(H,22,23)/b21-13+. The number of hydrazone groups is 1. The predicted octanol–water partition coefficient (Wildman–Crippen LogP) is 3.72. The van der Waals surface area contributed by atoms with Crippen LogP contribution < -0.4 is 10.2 Å². The van der Waals surface area contributed by atoms with E-state index in [1.54, 1.807) is 18.6 Å². The Morgan fingerprint density at radius 3 is 3.00 bits per heavy atom. The average Bonchev–Trinajstić information content (AvgIpc) is 2.60. The van der Waals surface area contributed by atoms with Gasteiger partial charge < -0.3 is 4.74 Å². The van der Waals surface area contributed by atoms with Gasteiger partial charge in [-0.1, -0.05) is 19.1 Å². The fourth-order valence-corrected chi connectivity index (χ4v) is 2.52. The van der Waals surface area contributed by atoms with Gasteiger partial charge in [-0.3, -0.25) is 9.78 Å². The second-order valence-electron chi connectivity index (χ2n) is 5.15. The smallest absolute Gasteiger partial charge is 0.240 e. The minimum Gasteiger partial charge on any atom is -0.492 e. The van der Waals surface area contributed by atoms with Gasteiger partial charge in [0.15, 0.2) is 0 Å². The molecule has 5 nitrogen and oxygen atoms in total. The Bertz CT molecular complexity index is 690. The molecule has 0 saturated heterocycles. The van der Waals surface area contributed by atoms with Gasteiger partial charge in [-0.25, -0.2) is 5.43 Å². The highest BCUT2D eigenvalue weighted by molar-refractivity contribution is 9.10. The van der Waals surface area contributed by atoms with Gasteiger partial charge in [0.05, 0.1) is 17.3 Å². The first kappa shape index (κ1) is 18.1. The van der Waals surface area contributed by atoms with E-state index in [-0.39, 0.29) is 5.91 Å². The van der Waals surface area contributed by atoms with Crippen molar-refractivity contribution in [2.24, 2.45) is 5.10 Å². The van der Waals surface area contributed by atoms with Crippen LogP contribution in [-0.2, 0) is 11.2 Å². The fraction of sp³-hybridized carbons (Fsp3) is 0.278. The molecule has 2 aromatic rings. The summed E-state index contributed by atoms with van der Waals surface area (Å²) in [6, 6.07) is 9.71. The normalized spacial score (nSPS) is 10.8. The van der Waals surface area contributed by atoms with Crippen LogP contribution in [0.4, 0.5) is 0 Å². The van der Waals surface area contributed by atoms with E-state index in [4.69, 9.17) is 4.74 Å². The van der Waals surface area contributed by atoms with Crippen LogP contribution in [0.3, 0.4) is 0 Å². The predicted molar refractivity (Wildman–Crippen MR) is 98.2 cm³/mol. The van der Waals surface area contributed by atoms with E-state index in [0.29, 0.717) is 19.4 Å². The highest BCUT2D eigenvalue weighted by Gasteiger charge is 2.04. The summed E-state index contributed by atoms with van der Waals surface area (Å²) in [6.07, 6.45) is 6.88. The van der Waals surface area contributed by atoms with Crippen molar-refractivity contribution in [3.05, 3.63) is 58.3 Å². The lowest BCUT2D eigenvalue weighted by Gasteiger charge is -2.09. The molecule has 0 spiro atoms. The van der Waals surface area contributed by atoms with Crippen LogP contribution in [0.25, 0.3) is 0 Å². The molecular weight excluding hydrogens is 370 g/mol. The minimum absolute atomic E-state index is 0.140. The molecule has 126 valence electrons. The average molecular weight is 390 g/mol. The number of carbonyl (C=O) groups excluding carboxylic acids is 1. The monoisotopic (exact) mass is 389 g/mol. The number of ether oxygens (including phenoxy) is 1. The molecular formula is C18H20BrN3O2. The molecule has 1 aromatic carbocycles. The summed E-state index contributed by atoms with van der Waals surface area (Å²) in [6.45, 7) is 2.58. The lowest BCUT2D eigenvalue weighted by atomic mass is 10.2. The molecule has 1 aromatic heterocycles. The second kappa shape index (κ2) is 9.82. The van der Waals surface area contributed by atoms with Crippen molar-refractivity contribution in [2.75, 3.05) is 6.61 Å². The fourth-order valence-electron chi connectivity index (χ4n) is 1.98. The van der Waals surface area contributed by atoms with Gasteiger partial charge in [0.2, 0.25) is 5.91 Å². The number of aryl methyl sites for hydroxylation is 1. The summed E-state index contributed by atoms with van der Waals surface area (Å²) in [5.74, 6) is 0.654. The maximum absolute atomic E-state index is 11.7. The highest BCUT2D eigenvalue weighted by atomic mass is 79.9. The van der Waals surface area contributed by atoms with Crippen LogP contribution in [0.1, 0.15) is 30.9 Å². The molecule has 0 atom stereocenters. The SMILES string of the molecule is CCc1ccc(OCCCC(=O)N/N=C/c2cccnc2)c(Br)c1. The molecule has 0 unspecified atom stereocenters. The number of pyridine rings is 1. The first-order valence-electron chi connectivity index (χ1n) is 7.82. The van der Waals surface area contributed by atoms with Crippen LogP contribution >= 0.6 is 15.9 Å². The van der Waals surface area contributed by atoms with Crippen molar-refractivity contribution in [1.29, 1.82) is 0 Å². The first-order valence-corrected chi connectivity index (χ1v) is 8.61. The maximum atomic E-state index is 11.7. The van der Waals surface area contributed by atoms with Gasteiger partial charge in [-0.05, 0) is 52.5 Å². The number of rotatable bonds is 8. The van der Waals surface area contributed by atoms with Crippen molar-refractivity contribution in [3.63, 3.8) is 0 Å². The van der Waals surface area contributed by atoms with Crippen LogP contribution in [0.15, 0.2) is 52.3 Å². The molecule has 1 amide bonds. The van der Waals surface area contributed by atoms with Crippen LogP contribution in [0, 0.1) is 0 Å². The Balaban J connectivity index is 1.67. The molecule has 0 fully saturated rings. The molecule has 1 N–H and O–H groups in total. The quantitative estimate of drug-likeness (QED) is 0.425. The van der Waals surface area contributed by atoms with Crippen LogP contribution in [0.5, 0.6) is 5.75 Å². The van der Waals surface area contributed by atoms with Crippen LogP contribution in [-0.4, -0.2) is 23.7 Å². The molecule has 1 heterocycles. The third-order valence-electron chi connectivity index (χ3n) is 3.30. The Morgan fingerprint density at radius 2 is 2.29 bits per heavy atom. The Hall–Kier alpha value is -2.21. The summed E-state index contributed by atoms with van der Waals surface area (Å²) in [5, 5.41) is 3.90. The van der Waals surface area contributed by atoms with Gasteiger partial charge in [0.25, 0.3) is 0 Å². The van der Waals surface area contributed by atoms with E-state index in [1.807, 2.05) is 24.3 Å². The van der Waals surface area contributed by atoms with E-state index in [0.717, 1.165) is 22.2 Å². The minimum atomic E-state index is -0.140. The molecule has 6 heteroatoms. The van der Waals surface area contributed by atoms with E-state index in [9.17, 15) is 4.79 Å². The van der Waals surface area contributed by atoms with Crippen molar-refractivity contribution in [3.8, 4) is 5.75 Å². The number of aromatic nitrogens is 1. The summed E-state index contributed by atoms with van der Waals surface area (Å²) < 4.78 is 6.62. The zero-order valence-electron chi connectivity index (χ0n) is 13.5. The number of nitrogens with zero attached hydrogens (tertiary/aromatic N) is 2. The molecule has 0 aliphatic rings. The number of carbonyl (C=O) groups is 1. The number of nitrogens with one attached hydrogen (secondary N) is 1. The maximum Gasteiger partial charge on any atom is 0.240 e. The molecule has 2 rings (SSSR count). The van der Waals surface area contributed by atoms with Crippen molar-refractivity contribution < 1.29 is 9.53 Å². The van der Waals surface area contributed by atoms with Crippen LogP contribution in [0.2, 0.25) is 0 Å². The van der Waals surface area contributed by atoms with Gasteiger partial charge in [-0.15, -0.1) is 0 Å². The Kier molecular flexibility index (Phi) is 7.42.